The van der Waals surface area contributed by atoms with Crippen LogP contribution in [0.3, 0.4) is 0 Å². The van der Waals surface area contributed by atoms with Crippen molar-refractivity contribution in [2.75, 3.05) is 7.11 Å². The van der Waals surface area contributed by atoms with Gasteiger partial charge in [0.1, 0.15) is 13.4 Å². The van der Waals surface area contributed by atoms with Gasteiger partial charge in [-0.25, -0.2) is 0 Å². The first-order chi connectivity index (χ1) is 7.57. The van der Waals surface area contributed by atoms with Crippen LogP contribution in [0.5, 0.6) is 0 Å². The van der Waals surface area contributed by atoms with E-state index in [9.17, 15) is 4.79 Å². The van der Waals surface area contributed by atoms with Gasteiger partial charge in [0.15, 0.2) is 0 Å². The van der Waals surface area contributed by atoms with Crippen molar-refractivity contribution >= 4 is 19.3 Å². The molecular weight excluding hydrogens is 201 g/mol. The first kappa shape index (κ1) is 11.2. The van der Waals surface area contributed by atoms with E-state index in [1.165, 1.54) is 23.7 Å². The van der Waals surface area contributed by atoms with Crippen molar-refractivity contribution in [3.8, 4) is 0 Å². The Morgan fingerprint density at radius 3 is 3.00 bits per heavy atom. The lowest BCUT2D eigenvalue weighted by Gasteiger charge is -2.32. The maximum Gasteiger partial charge on any atom is 0.326 e. The summed E-state index contributed by atoms with van der Waals surface area (Å²) in [6.07, 6.45) is 2.10. The lowest BCUT2D eigenvalue weighted by molar-refractivity contribution is -0.147. The fourth-order valence-corrected chi connectivity index (χ4v) is 2.44. The number of ether oxygens (including phenoxy) is 1. The van der Waals surface area contributed by atoms with E-state index in [2.05, 4.69) is 13.9 Å². The van der Waals surface area contributed by atoms with Crippen LogP contribution in [0.1, 0.15) is 17.5 Å². The third-order valence-corrected chi connectivity index (χ3v) is 3.43. The second-order valence-electron chi connectivity index (χ2n) is 4.54. The number of methoxy groups -OCH3 is 1. The zero-order valence-electron chi connectivity index (χ0n) is 9.75. The predicted molar refractivity (Wildman–Crippen MR) is 65.6 cm³/mol. The Kier molecular flexibility index (Phi) is 2.76. The van der Waals surface area contributed by atoms with Crippen molar-refractivity contribution in [2.24, 2.45) is 5.73 Å². The Hall–Kier alpha value is -1.29. The smallest absolute Gasteiger partial charge is 0.326 e. The zero-order chi connectivity index (χ0) is 11.8. The van der Waals surface area contributed by atoms with Crippen LogP contribution in [0.2, 0.25) is 0 Å². The molecule has 0 heterocycles. The Bertz CT molecular complexity index is 433. The Labute approximate surface area is 96.4 Å². The fourth-order valence-electron chi connectivity index (χ4n) is 2.44. The van der Waals surface area contributed by atoms with Gasteiger partial charge in [-0.1, -0.05) is 29.2 Å². The molecule has 0 bridgehead atoms. The summed E-state index contributed by atoms with van der Waals surface area (Å²) in [5.41, 5.74) is 9.07. The Morgan fingerprint density at radius 2 is 2.31 bits per heavy atom. The number of esters is 1. The normalized spacial score (nSPS) is 23.6. The average Bonchev–Trinajstić information content (AvgIpc) is 2.28. The molecule has 0 fully saturated rings. The lowest BCUT2D eigenvalue weighted by Crippen LogP contribution is -2.53. The monoisotopic (exact) mass is 217 g/mol. The summed E-state index contributed by atoms with van der Waals surface area (Å²) in [6.45, 7) is 0. The molecule has 0 spiro atoms. The highest BCUT2D eigenvalue weighted by molar-refractivity contribution is 6.33. The molecule has 1 aromatic rings. The highest BCUT2D eigenvalue weighted by Gasteiger charge is 2.38. The fraction of sp³-hybridized carbons (Fsp3) is 0.417. The number of fused-ring (bicyclic) bond motifs is 1. The summed E-state index contributed by atoms with van der Waals surface area (Å²) < 4.78 is 4.77. The van der Waals surface area contributed by atoms with E-state index in [4.69, 9.17) is 10.5 Å². The van der Waals surface area contributed by atoms with Crippen LogP contribution in [0, 0.1) is 0 Å². The van der Waals surface area contributed by atoms with Gasteiger partial charge in [0.2, 0.25) is 0 Å². The number of nitrogens with two attached hydrogens (primary N) is 1. The van der Waals surface area contributed by atoms with E-state index >= 15 is 0 Å². The Balaban J connectivity index is 2.34. The topological polar surface area (TPSA) is 52.3 Å². The maximum atomic E-state index is 11.6. The van der Waals surface area contributed by atoms with Gasteiger partial charge < -0.3 is 10.5 Å². The summed E-state index contributed by atoms with van der Waals surface area (Å²) in [6, 6.07) is 6.16. The summed E-state index contributed by atoms with van der Waals surface area (Å²) >= 11 is 0. The van der Waals surface area contributed by atoms with Crippen molar-refractivity contribution < 1.29 is 9.53 Å². The van der Waals surface area contributed by atoms with Crippen LogP contribution in [0.25, 0.3) is 0 Å². The van der Waals surface area contributed by atoms with E-state index < -0.39 is 5.54 Å². The van der Waals surface area contributed by atoms with Crippen LogP contribution < -0.4 is 11.2 Å². The van der Waals surface area contributed by atoms with E-state index in [0.29, 0.717) is 12.8 Å². The lowest BCUT2D eigenvalue weighted by atomic mass is 9.74. The highest BCUT2D eigenvalue weighted by atomic mass is 16.5. The van der Waals surface area contributed by atoms with Crippen molar-refractivity contribution in [3.63, 3.8) is 0 Å². The highest BCUT2D eigenvalue weighted by Crippen LogP contribution is 2.26. The van der Waals surface area contributed by atoms with Gasteiger partial charge in [-0.05, 0) is 18.4 Å². The largest absolute Gasteiger partial charge is 0.468 e. The molecule has 3 nitrogen and oxygen atoms in total. The van der Waals surface area contributed by atoms with Gasteiger partial charge in [-0.2, -0.15) is 0 Å². The number of rotatable bonds is 1. The molecule has 0 radical (unpaired) electrons. The first-order valence-electron chi connectivity index (χ1n) is 5.51. The number of hydrogen-bond acceptors (Lipinski definition) is 3. The second kappa shape index (κ2) is 3.94. The van der Waals surface area contributed by atoms with E-state index in [1.54, 1.807) is 0 Å². The third-order valence-electron chi connectivity index (χ3n) is 3.43. The number of benzene rings is 1. The second-order valence-corrected chi connectivity index (χ2v) is 4.54. The first-order valence-corrected chi connectivity index (χ1v) is 5.51. The quantitative estimate of drug-likeness (QED) is 0.500. The Morgan fingerprint density at radius 1 is 1.56 bits per heavy atom. The van der Waals surface area contributed by atoms with Gasteiger partial charge in [-0.3, -0.25) is 4.79 Å². The molecule has 0 aliphatic heterocycles. The standard InChI is InChI=1S/C12H16BNO2/c1-16-11(15)12(14)6-5-9-8(7-12)3-2-4-10(9)13/h2-4H,5-7,13-14H2,1H3. The molecule has 2 N–H and O–H groups in total. The molecule has 0 aromatic heterocycles. The van der Waals surface area contributed by atoms with Crippen LogP contribution in [-0.2, 0) is 22.4 Å². The third kappa shape index (κ3) is 1.73. The van der Waals surface area contributed by atoms with E-state index in [-0.39, 0.29) is 5.97 Å². The van der Waals surface area contributed by atoms with E-state index in [0.717, 1.165) is 6.42 Å². The molecule has 1 aliphatic carbocycles. The number of carbonyl (C=O) groups excluding carboxylic acids is 1. The average molecular weight is 217 g/mol. The van der Waals surface area contributed by atoms with Gasteiger partial charge >= 0.3 is 5.97 Å². The minimum atomic E-state index is -0.838. The summed E-state index contributed by atoms with van der Waals surface area (Å²) in [7, 11) is 3.49. The molecule has 4 heteroatoms. The SMILES string of the molecule is Bc1cccc2c1CCC(N)(C(=O)OC)C2. The minimum Gasteiger partial charge on any atom is -0.468 e. The molecule has 84 valence electrons. The molecular formula is C12H16BNO2. The molecule has 1 aliphatic rings. The number of hydrogen-bond donors (Lipinski definition) is 1. The molecule has 2 rings (SSSR count). The summed E-state index contributed by atoms with van der Waals surface area (Å²) in [5.74, 6) is -0.306. The molecule has 1 aromatic carbocycles. The molecule has 1 atom stereocenters. The molecule has 16 heavy (non-hydrogen) atoms. The van der Waals surface area contributed by atoms with Crippen molar-refractivity contribution in [3.05, 3.63) is 29.3 Å². The summed E-state index contributed by atoms with van der Waals surface area (Å²) in [4.78, 5) is 11.6. The predicted octanol–water partition coefficient (Wildman–Crippen LogP) is -0.696. The van der Waals surface area contributed by atoms with Gasteiger partial charge in [0.05, 0.1) is 7.11 Å². The van der Waals surface area contributed by atoms with E-state index in [1.807, 2.05) is 12.1 Å². The van der Waals surface area contributed by atoms with Gasteiger partial charge in [0, 0.05) is 6.42 Å². The zero-order valence-corrected chi connectivity index (χ0v) is 9.75. The molecule has 0 saturated carbocycles. The summed E-state index contributed by atoms with van der Waals surface area (Å²) in [5, 5.41) is 0. The number of carbonyl (C=O) groups is 1. The van der Waals surface area contributed by atoms with Crippen molar-refractivity contribution in [1.82, 2.24) is 0 Å². The van der Waals surface area contributed by atoms with Gasteiger partial charge in [-0.15, -0.1) is 0 Å². The van der Waals surface area contributed by atoms with Crippen LogP contribution in [0.4, 0.5) is 0 Å². The molecule has 0 saturated heterocycles. The van der Waals surface area contributed by atoms with Crippen LogP contribution in [-0.4, -0.2) is 26.5 Å². The molecule has 1 unspecified atom stereocenters. The minimum absolute atomic E-state index is 0.306. The van der Waals surface area contributed by atoms with Crippen LogP contribution >= 0.6 is 0 Å². The maximum absolute atomic E-state index is 11.6. The van der Waals surface area contributed by atoms with Crippen molar-refractivity contribution in [1.29, 1.82) is 0 Å². The van der Waals surface area contributed by atoms with Crippen molar-refractivity contribution in [2.45, 2.75) is 24.8 Å². The molecule has 0 amide bonds. The van der Waals surface area contributed by atoms with Gasteiger partial charge in [0.25, 0.3) is 0 Å². The van der Waals surface area contributed by atoms with Crippen LogP contribution in [0.15, 0.2) is 18.2 Å².